The molecule has 3 heterocycles. The van der Waals surface area contributed by atoms with Crippen molar-refractivity contribution >= 4 is 34.0 Å². The molecular formula is C14H10F3N7. The quantitative estimate of drug-likeness (QED) is 0.387. The van der Waals surface area contributed by atoms with E-state index in [0.717, 1.165) is 10.8 Å². The van der Waals surface area contributed by atoms with E-state index in [1.165, 1.54) is 12.4 Å². The Labute approximate surface area is 132 Å². The number of allylic oxidation sites excluding steroid dienone is 1. The Kier molecular flexibility index (Phi) is 3.69. The van der Waals surface area contributed by atoms with Crippen LogP contribution < -0.4 is 5.32 Å². The number of hydrogen-bond donors (Lipinski definition) is 3. The van der Waals surface area contributed by atoms with Crippen LogP contribution in [0.3, 0.4) is 0 Å². The zero-order chi connectivity index (χ0) is 17.3. The van der Waals surface area contributed by atoms with Gasteiger partial charge in [0.15, 0.2) is 0 Å². The highest BCUT2D eigenvalue weighted by molar-refractivity contribution is 6.09. The molecule has 122 valence electrons. The molecule has 0 amide bonds. The molecule has 24 heavy (non-hydrogen) atoms. The third-order valence-electron chi connectivity index (χ3n) is 3.29. The Balaban J connectivity index is 2.37. The molecule has 3 aromatic heterocycles. The number of nitrogens with zero attached hydrogens (tertiary/aromatic N) is 4. The number of pyridine rings is 1. The van der Waals surface area contributed by atoms with E-state index in [1.54, 1.807) is 12.3 Å². The number of aromatic amines is 1. The smallest absolute Gasteiger partial charge is 0.377 e. The Bertz CT molecular complexity index is 988. The first-order valence-electron chi connectivity index (χ1n) is 6.70. The molecule has 0 aromatic carbocycles. The second-order valence-electron chi connectivity index (χ2n) is 4.75. The fourth-order valence-electron chi connectivity index (χ4n) is 2.38. The van der Waals surface area contributed by atoms with Gasteiger partial charge in [0.2, 0.25) is 5.82 Å². The molecule has 3 N–H and O–H groups in total. The molecule has 3 aromatic rings. The Morgan fingerprint density at radius 3 is 2.96 bits per heavy atom. The summed E-state index contributed by atoms with van der Waals surface area (Å²) in [4.78, 5) is 10.5. The van der Waals surface area contributed by atoms with E-state index >= 15 is 0 Å². The number of H-pyrrole nitrogens is 1. The van der Waals surface area contributed by atoms with Crippen LogP contribution >= 0.6 is 0 Å². The van der Waals surface area contributed by atoms with Crippen molar-refractivity contribution in [3.05, 3.63) is 30.5 Å². The largest absolute Gasteiger partial charge is 0.450 e. The van der Waals surface area contributed by atoms with Crippen molar-refractivity contribution in [2.24, 2.45) is 0 Å². The van der Waals surface area contributed by atoms with Crippen LogP contribution in [0.4, 0.5) is 13.2 Å². The van der Waals surface area contributed by atoms with E-state index in [1.807, 2.05) is 6.07 Å². The number of halogens is 3. The van der Waals surface area contributed by atoms with Gasteiger partial charge >= 0.3 is 6.18 Å². The number of imidazole rings is 1. The van der Waals surface area contributed by atoms with E-state index in [-0.39, 0.29) is 23.3 Å². The first-order valence-corrected chi connectivity index (χ1v) is 6.70. The average Bonchev–Trinajstić information content (AvgIpc) is 3.14. The molecule has 0 unspecified atom stereocenters. The van der Waals surface area contributed by atoms with Crippen LogP contribution in [0, 0.1) is 16.7 Å². The summed E-state index contributed by atoms with van der Waals surface area (Å²) in [5.41, 5.74) is 0.546. The molecule has 7 nitrogen and oxygen atoms in total. The van der Waals surface area contributed by atoms with Crippen LogP contribution in [0.2, 0.25) is 0 Å². The summed E-state index contributed by atoms with van der Waals surface area (Å²) in [7, 11) is 0. The maximum Gasteiger partial charge on any atom is 0.450 e. The third kappa shape index (κ3) is 2.45. The van der Waals surface area contributed by atoms with E-state index in [0.29, 0.717) is 11.0 Å². The minimum Gasteiger partial charge on any atom is -0.377 e. The number of aromatic nitrogens is 4. The summed E-state index contributed by atoms with van der Waals surface area (Å²) in [6, 6.07) is 3.40. The van der Waals surface area contributed by atoms with Gasteiger partial charge in [-0.1, -0.05) is 0 Å². The highest BCUT2D eigenvalue weighted by atomic mass is 19.4. The zero-order valence-electron chi connectivity index (χ0n) is 12.0. The number of nitrogens with one attached hydrogen (secondary N) is 3. The first kappa shape index (κ1) is 15.5. The van der Waals surface area contributed by atoms with Crippen LogP contribution in [-0.2, 0) is 6.18 Å². The van der Waals surface area contributed by atoms with E-state index < -0.39 is 12.0 Å². The Hall–Kier alpha value is -3.35. The van der Waals surface area contributed by atoms with Crippen molar-refractivity contribution in [1.29, 1.82) is 10.7 Å². The molecule has 0 aliphatic rings. The lowest BCUT2D eigenvalue weighted by molar-refractivity contribution is -0.145. The van der Waals surface area contributed by atoms with Crippen molar-refractivity contribution in [2.45, 2.75) is 6.18 Å². The maximum absolute atomic E-state index is 13.4. The predicted octanol–water partition coefficient (Wildman–Crippen LogP) is 2.49. The van der Waals surface area contributed by atoms with Crippen LogP contribution in [0.25, 0.3) is 27.8 Å². The van der Waals surface area contributed by atoms with Gasteiger partial charge in [0.05, 0.1) is 23.5 Å². The molecule has 0 atom stereocenters. The molecular weight excluding hydrogens is 323 g/mol. The Morgan fingerprint density at radius 2 is 2.29 bits per heavy atom. The molecule has 0 fully saturated rings. The van der Waals surface area contributed by atoms with Crippen LogP contribution in [-0.4, -0.2) is 32.3 Å². The lowest BCUT2D eigenvalue weighted by Crippen LogP contribution is -2.17. The monoisotopic (exact) mass is 333 g/mol. The molecule has 0 aliphatic heterocycles. The van der Waals surface area contributed by atoms with Crippen molar-refractivity contribution in [3.63, 3.8) is 0 Å². The van der Waals surface area contributed by atoms with Gasteiger partial charge in [-0.15, -0.1) is 0 Å². The molecule has 0 radical (unpaired) electrons. The summed E-state index contributed by atoms with van der Waals surface area (Å²) < 4.78 is 41.1. The predicted molar refractivity (Wildman–Crippen MR) is 81.1 cm³/mol. The summed E-state index contributed by atoms with van der Waals surface area (Å²) in [6.45, 7) is -0.105. The number of fused-ring (bicyclic) bond motifs is 3. The van der Waals surface area contributed by atoms with E-state index in [9.17, 15) is 13.2 Å². The SMILES string of the molecule is N#CCN/C=C(\C=N)n1c(C(F)(F)F)nc2cnc3[nH]ccc3c21. The normalized spacial score (nSPS) is 12.5. The molecule has 0 aliphatic carbocycles. The summed E-state index contributed by atoms with van der Waals surface area (Å²) in [5.74, 6) is -1.17. The summed E-state index contributed by atoms with van der Waals surface area (Å²) >= 11 is 0. The number of alkyl halides is 3. The molecule has 3 rings (SSSR count). The van der Waals surface area contributed by atoms with Crippen molar-refractivity contribution < 1.29 is 13.2 Å². The van der Waals surface area contributed by atoms with Gasteiger partial charge in [-0.3, -0.25) is 4.57 Å². The van der Waals surface area contributed by atoms with Crippen molar-refractivity contribution in [1.82, 2.24) is 24.8 Å². The highest BCUT2D eigenvalue weighted by Crippen LogP contribution is 2.35. The maximum atomic E-state index is 13.4. The zero-order valence-corrected chi connectivity index (χ0v) is 12.0. The van der Waals surface area contributed by atoms with Gasteiger partial charge in [-0.2, -0.15) is 18.4 Å². The van der Waals surface area contributed by atoms with E-state index in [2.05, 4.69) is 20.3 Å². The van der Waals surface area contributed by atoms with Gasteiger partial charge in [-0.25, -0.2) is 9.97 Å². The van der Waals surface area contributed by atoms with Crippen LogP contribution in [0.1, 0.15) is 5.82 Å². The minimum atomic E-state index is -4.72. The third-order valence-corrected chi connectivity index (χ3v) is 3.29. The average molecular weight is 333 g/mol. The molecule has 0 saturated heterocycles. The Morgan fingerprint density at radius 1 is 1.50 bits per heavy atom. The van der Waals surface area contributed by atoms with E-state index in [4.69, 9.17) is 10.7 Å². The summed E-state index contributed by atoms with van der Waals surface area (Å²) in [5, 5.41) is 19.0. The van der Waals surface area contributed by atoms with Crippen molar-refractivity contribution in [2.75, 3.05) is 6.54 Å². The topological polar surface area (TPSA) is 106 Å². The summed E-state index contributed by atoms with van der Waals surface area (Å²) in [6.07, 6.45) is 0.0116. The van der Waals surface area contributed by atoms with Gasteiger partial charge in [-0.05, 0) is 6.07 Å². The number of hydrogen-bond acceptors (Lipinski definition) is 5. The standard InChI is InChI=1S/C14H10F3N7/c15-14(16,17)13-23-10-7-22-12-9(1-3-21-12)11(10)24(13)8(5-19)6-20-4-2-18/h1,3,5-7,19-20H,4H2,(H,21,22)/b8-6+,19-5?. The van der Waals surface area contributed by atoms with Crippen LogP contribution in [0.15, 0.2) is 24.7 Å². The van der Waals surface area contributed by atoms with Gasteiger partial charge in [0.25, 0.3) is 0 Å². The fraction of sp³-hybridized carbons (Fsp3) is 0.143. The van der Waals surface area contributed by atoms with Crippen LogP contribution in [0.5, 0.6) is 0 Å². The second-order valence-corrected chi connectivity index (χ2v) is 4.75. The lowest BCUT2D eigenvalue weighted by atomic mass is 10.3. The minimum absolute atomic E-state index is 0.0578. The van der Waals surface area contributed by atoms with Gasteiger partial charge < -0.3 is 15.7 Å². The molecule has 0 spiro atoms. The van der Waals surface area contributed by atoms with Gasteiger partial charge in [0.1, 0.15) is 17.7 Å². The molecule has 0 bridgehead atoms. The fourth-order valence-corrected chi connectivity index (χ4v) is 2.38. The molecule has 10 heteroatoms. The first-order chi connectivity index (χ1) is 11.5. The highest BCUT2D eigenvalue weighted by Gasteiger charge is 2.38. The number of rotatable bonds is 4. The molecule has 0 saturated carbocycles. The van der Waals surface area contributed by atoms with Gasteiger partial charge in [0, 0.05) is 24.0 Å². The number of nitriles is 1. The van der Waals surface area contributed by atoms with Crippen molar-refractivity contribution in [3.8, 4) is 6.07 Å². The second kappa shape index (κ2) is 5.69. The lowest BCUT2D eigenvalue weighted by Gasteiger charge is -2.12.